The highest BCUT2D eigenvalue weighted by molar-refractivity contribution is 5.58. The summed E-state index contributed by atoms with van der Waals surface area (Å²) in [5.41, 5.74) is 9.95. The quantitative estimate of drug-likeness (QED) is 0.736. The lowest BCUT2D eigenvalue weighted by Crippen LogP contribution is -2.45. The van der Waals surface area contributed by atoms with E-state index in [1.807, 2.05) is 18.2 Å². The first-order valence-corrected chi connectivity index (χ1v) is 9.75. The Bertz CT molecular complexity index is 901. The number of aromatic nitrogens is 2. The molecule has 1 fully saturated rings. The van der Waals surface area contributed by atoms with Crippen LogP contribution in [0.1, 0.15) is 30.0 Å². The first-order chi connectivity index (χ1) is 13.8. The number of benzene rings is 2. The third kappa shape index (κ3) is 3.91. The van der Waals surface area contributed by atoms with Gasteiger partial charge in [0, 0.05) is 36.1 Å². The lowest BCUT2D eigenvalue weighted by molar-refractivity contribution is 0.119. The van der Waals surface area contributed by atoms with Gasteiger partial charge in [0.15, 0.2) is 5.82 Å². The van der Waals surface area contributed by atoms with E-state index in [0.29, 0.717) is 0 Å². The lowest BCUT2D eigenvalue weighted by Gasteiger charge is -2.40. The topological polar surface area (TPSA) is 64.3 Å². The Morgan fingerprint density at radius 2 is 1.86 bits per heavy atom. The molecule has 3 aromatic rings. The molecule has 1 aromatic heterocycles. The zero-order valence-electron chi connectivity index (χ0n) is 16.2. The Morgan fingerprint density at radius 3 is 2.61 bits per heavy atom. The van der Waals surface area contributed by atoms with Crippen LogP contribution in [0.5, 0.6) is 5.75 Å². The van der Waals surface area contributed by atoms with Crippen LogP contribution in [-0.2, 0) is 6.54 Å². The van der Waals surface area contributed by atoms with Crippen molar-refractivity contribution in [3.05, 3.63) is 78.1 Å². The summed E-state index contributed by atoms with van der Waals surface area (Å²) in [5.74, 6) is 1.60. The molecule has 0 bridgehead atoms. The molecule has 0 spiro atoms. The molecule has 5 nitrogen and oxygen atoms in total. The van der Waals surface area contributed by atoms with Gasteiger partial charge in [-0.15, -0.1) is 0 Å². The van der Waals surface area contributed by atoms with Gasteiger partial charge in [-0.1, -0.05) is 30.3 Å². The SMILES string of the molecule is COc1ccc(-c2ncccn2)cc1CN1CCC[C@H](N)[C@@H]1c1ccccc1. The van der Waals surface area contributed by atoms with Crippen LogP contribution in [0.15, 0.2) is 67.0 Å². The summed E-state index contributed by atoms with van der Waals surface area (Å²) >= 11 is 0. The first kappa shape index (κ1) is 18.6. The standard InChI is InChI=1S/C23H26N4O/c1-28-21-11-10-18(23-25-12-6-13-26-23)15-19(21)16-27-14-5-9-20(24)22(27)17-7-3-2-4-8-17/h2-4,6-8,10-13,15,20,22H,5,9,14,16,24H2,1H3/t20-,22-/m0/s1. The third-order valence-electron chi connectivity index (χ3n) is 5.40. The molecule has 0 saturated carbocycles. The largest absolute Gasteiger partial charge is 0.496 e. The van der Waals surface area contributed by atoms with Crippen molar-refractivity contribution in [1.29, 1.82) is 0 Å². The first-order valence-electron chi connectivity index (χ1n) is 9.75. The average molecular weight is 374 g/mol. The van der Waals surface area contributed by atoms with Crippen LogP contribution < -0.4 is 10.5 Å². The molecular formula is C23H26N4O. The lowest BCUT2D eigenvalue weighted by atomic mass is 9.90. The summed E-state index contributed by atoms with van der Waals surface area (Å²) in [6, 6.07) is 18.9. The molecule has 1 aliphatic rings. The van der Waals surface area contributed by atoms with E-state index < -0.39 is 0 Å². The molecule has 2 N–H and O–H groups in total. The Hall–Kier alpha value is -2.76. The van der Waals surface area contributed by atoms with Gasteiger partial charge in [0.25, 0.3) is 0 Å². The second-order valence-corrected chi connectivity index (χ2v) is 7.23. The van der Waals surface area contributed by atoms with Crippen molar-refractivity contribution in [2.24, 2.45) is 5.73 Å². The molecule has 0 amide bonds. The van der Waals surface area contributed by atoms with Crippen molar-refractivity contribution in [2.45, 2.75) is 31.5 Å². The molecule has 0 radical (unpaired) electrons. The Balaban J connectivity index is 1.66. The van der Waals surface area contributed by atoms with Gasteiger partial charge >= 0.3 is 0 Å². The van der Waals surface area contributed by atoms with Gasteiger partial charge in [0.05, 0.1) is 13.2 Å². The van der Waals surface area contributed by atoms with E-state index in [1.54, 1.807) is 19.5 Å². The van der Waals surface area contributed by atoms with Gasteiger partial charge in [-0.25, -0.2) is 9.97 Å². The highest BCUT2D eigenvalue weighted by atomic mass is 16.5. The maximum Gasteiger partial charge on any atom is 0.159 e. The summed E-state index contributed by atoms with van der Waals surface area (Å²) < 4.78 is 5.65. The Kier molecular flexibility index (Phi) is 5.65. The monoisotopic (exact) mass is 374 g/mol. The number of ether oxygens (including phenoxy) is 1. The molecule has 1 saturated heterocycles. The maximum absolute atomic E-state index is 6.55. The van der Waals surface area contributed by atoms with Gasteiger partial charge in [0.1, 0.15) is 5.75 Å². The number of piperidine rings is 1. The van der Waals surface area contributed by atoms with Crippen LogP contribution in [-0.4, -0.2) is 34.6 Å². The second-order valence-electron chi connectivity index (χ2n) is 7.23. The fourth-order valence-electron chi connectivity index (χ4n) is 4.09. The average Bonchev–Trinajstić information content (AvgIpc) is 2.75. The summed E-state index contributed by atoms with van der Waals surface area (Å²) in [7, 11) is 1.72. The number of nitrogens with zero attached hydrogens (tertiary/aromatic N) is 3. The van der Waals surface area contributed by atoms with Crippen molar-refractivity contribution in [3.63, 3.8) is 0 Å². The fourth-order valence-corrected chi connectivity index (χ4v) is 4.09. The number of nitrogens with two attached hydrogens (primary N) is 1. The molecule has 0 aliphatic carbocycles. The predicted molar refractivity (Wildman–Crippen MR) is 111 cm³/mol. The second kappa shape index (κ2) is 8.50. The minimum absolute atomic E-state index is 0.128. The number of hydrogen-bond acceptors (Lipinski definition) is 5. The van der Waals surface area contributed by atoms with Gasteiger partial charge in [-0.05, 0) is 49.2 Å². The van der Waals surface area contributed by atoms with Crippen LogP contribution in [0.3, 0.4) is 0 Å². The van der Waals surface area contributed by atoms with Crippen LogP contribution in [0.25, 0.3) is 11.4 Å². The van der Waals surface area contributed by atoms with Crippen LogP contribution in [0.2, 0.25) is 0 Å². The zero-order valence-corrected chi connectivity index (χ0v) is 16.2. The minimum Gasteiger partial charge on any atom is -0.496 e. The van der Waals surface area contributed by atoms with Gasteiger partial charge < -0.3 is 10.5 Å². The van der Waals surface area contributed by atoms with E-state index in [0.717, 1.165) is 48.6 Å². The molecule has 2 heterocycles. The predicted octanol–water partition coefficient (Wildman–Crippen LogP) is 3.82. The molecule has 2 atom stereocenters. The van der Waals surface area contributed by atoms with E-state index in [4.69, 9.17) is 10.5 Å². The summed E-state index contributed by atoms with van der Waals surface area (Å²) in [5, 5.41) is 0. The normalized spacial score (nSPS) is 20.1. The third-order valence-corrected chi connectivity index (χ3v) is 5.40. The van der Waals surface area contributed by atoms with Crippen molar-refractivity contribution >= 4 is 0 Å². The van der Waals surface area contributed by atoms with E-state index in [1.165, 1.54) is 5.56 Å². The van der Waals surface area contributed by atoms with Gasteiger partial charge in [0.2, 0.25) is 0 Å². The summed E-state index contributed by atoms with van der Waals surface area (Å²) in [6.45, 7) is 1.79. The number of hydrogen-bond donors (Lipinski definition) is 1. The van der Waals surface area contributed by atoms with Crippen molar-refractivity contribution in [3.8, 4) is 17.1 Å². The Labute approximate surface area is 166 Å². The molecule has 28 heavy (non-hydrogen) atoms. The fraction of sp³-hybridized carbons (Fsp3) is 0.304. The number of likely N-dealkylation sites (tertiary alicyclic amines) is 1. The van der Waals surface area contributed by atoms with Gasteiger partial charge in [-0.2, -0.15) is 0 Å². The van der Waals surface area contributed by atoms with Crippen LogP contribution in [0, 0.1) is 0 Å². The van der Waals surface area contributed by atoms with Crippen molar-refractivity contribution in [2.75, 3.05) is 13.7 Å². The number of rotatable bonds is 5. The van der Waals surface area contributed by atoms with Gasteiger partial charge in [-0.3, -0.25) is 4.90 Å². The maximum atomic E-state index is 6.55. The van der Waals surface area contributed by atoms with E-state index in [-0.39, 0.29) is 12.1 Å². The highest BCUT2D eigenvalue weighted by Crippen LogP contribution is 2.34. The van der Waals surface area contributed by atoms with E-state index >= 15 is 0 Å². The number of methoxy groups -OCH3 is 1. The molecule has 1 aliphatic heterocycles. The summed E-state index contributed by atoms with van der Waals surface area (Å²) in [4.78, 5) is 11.2. The minimum atomic E-state index is 0.128. The smallest absolute Gasteiger partial charge is 0.159 e. The van der Waals surface area contributed by atoms with Crippen molar-refractivity contribution in [1.82, 2.24) is 14.9 Å². The Morgan fingerprint density at radius 1 is 1.07 bits per heavy atom. The molecule has 0 unspecified atom stereocenters. The van der Waals surface area contributed by atoms with E-state index in [2.05, 4.69) is 51.3 Å². The summed E-state index contributed by atoms with van der Waals surface area (Å²) in [6.07, 6.45) is 5.68. The zero-order chi connectivity index (χ0) is 19.3. The van der Waals surface area contributed by atoms with E-state index in [9.17, 15) is 0 Å². The molecular weight excluding hydrogens is 348 g/mol. The molecule has 4 rings (SSSR count). The van der Waals surface area contributed by atoms with Crippen LogP contribution in [0.4, 0.5) is 0 Å². The van der Waals surface area contributed by atoms with Crippen LogP contribution >= 0.6 is 0 Å². The molecule has 2 aromatic carbocycles. The molecule has 5 heteroatoms. The molecule has 144 valence electrons. The van der Waals surface area contributed by atoms with Crippen molar-refractivity contribution < 1.29 is 4.74 Å². The highest BCUT2D eigenvalue weighted by Gasteiger charge is 2.30.